The highest BCUT2D eigenvalue weighted by molar-refractivity contribution is 7.71. The number of halogens is 2. The molecule has 86 valence electrons. The van der Waals surface area contributed by atoms with E-state index >= 15 is 0 Å². The van der Waals surface area contributed by atoms with E-state index in [1.165, 1.54) is 0 Å². The van der Waals surface area contributed by atoms with Crippen LogP contribution in [0.2, 0.25) is 0 Å². The van der Waals surface area contributed by atoms with E-state index in [0.717, 1.165) is 12.1 Å². The van der Waals surface area contributed by atoms with Crippen LogP contribution in [0.15, 0.2) is 6.20 Å². The number of H-pyrrole nitrogens is 1. The van der Waals surface area contributed by atoms with Gasteiger partial charge in [0.25, 0.3) is 6.43 Å². The molecule has 1 aromatic heterocycles. The molecule has 3 nitrogen and oxygen atoms in total. The molecule has 0 fully saturated rings. The third-order valence-electron chi connectivity index (χ3n) is 2.02. The van der Waals surface area contributed by atoms with Crippen molar-refractivity contribution in [2.45, 2.75) is 26.3 Å². The highest BCUT2D eigenvalue weighted by Crippen LogP contribution is 2.03. The average Bonchev–Trinajstić information content (AvgIpc) is 2.54. The minimum atomic E-state index is -2.41. The van der Waals surface area contributed by atoms with E-state index in [0.29, 0.717) is 11.3 Å². The third kappa shape index (κ3) is 3.71. The predicted octanol–water partition coefficient (Wildman–Crippen LogP) is 2.39. The number of ether oxygens (including phenoxy) is 1. The van der Waals surface area contributed by atoms with E-state index < -0.39 is 13.0 Å². The molecule has 0 aliphatic rings. The van der Waals surface area contributed by atoms with Gasteiger partial charge in [-0.1, -0.05) is 6.92 Å². The van der Waals surface area contributed by atoms with Crippen molar-refractivity contribution in [1.82, 2.24) is 9.55 Å². The molecule has 0 bridgehead atoms. The Hall–Kier alpha value is -0.750. The number of alkyl halides is 2. The van der Waals surface area contributed by atoms with Crippen LogP contribution >= 0.6 is 12.2 Å². The van der Waals surface area contributed by atoms with Crippen molar-refractivity contribution in [1.29, 1.82) is 0 Å². The zero-order valence-electron chi connectivity index (χ0n) is 8.50. The van der Waals surface area contributed by atoms with Gasteiger partial charge in [-0.15, -0.1) is 0 Å². The number of imidazole rings is 1. The van der Waals surface area contributed by atoms with Crippen molar-refractivity contribution in [3.05, 3.63) is 16.7 Å². The van der Waals surface area contributed by atoms with Gasteiger partial charge in [0.1, 0.15) is 6.61 Å². The van der Waals surface area contributed by atoms with Crippen LogP contribution in [0.1, 0.15) is 12.6 Å². The van der Waals surface area contributed by atoms with Crippen LogP contribution in [-0.2, 0) is 17.7 Å². The van der Waals surface area contributed by atoms with E-state index in [4.69, 9.17) is 17.0 Å². The fourth-order valence-corrected chi connectivity index (χ4v) is 1.57. The summed E-state index contributed by atoms with van der Waals surface area (Å²) in [6.07, 6.45) is 0.270. The molecule has 1 aromatic rings. The van der Waals surface area contributed by atoms with Crippen LogP contribution in [0.25, 0.3) is 0 Å². The standard InChI is InChI=1S/C9H14F2N2OS/c1-2-7-5-12-9(15)13(7)3-4-14-6-8(10)11/h5,8H,2-4,6H2,1H3,(H,12,15). The van der Waals surface area contributed by atoms with Crippen LogP contribution in [0.4, 0.5) is 8.78 Å². The van der Waals surface area contributed by atoms with Crippen LogP contribution < -0.4 is 0 Å². The Morgan fingerprint density at radius 1 is 1.60 bits per heavy atom. The monoisotopic (exact) mass is 236 g/mol. The summed E-state index contributed by atoms with van der Waals surface area (Å²) >= 11 is 5.04. The van der Waals surface area contributed by atoms with Gasteiger partial charge in [-0.25, -0.2) is 8.78 Å². The lowest BCUT2D eigenvalue weighted by atomic mass is 10.3. The SMILES string of the molecule is CCc1c[nH]c(=S)n1CCOCC(F)F. The van der Waals surface area contributed by atoms with E-state index in [9.17, 15) is 8.78 Å². The maximum atomic E-state index is 11.8. The summed E-state index contributed by atoms with van der Waals surface area (Å²) in [6, 6.07) is 0. The molecule has 0 aliphatic heterocycles. The molecule has 1 rings (SSSR count). The molecule has 0 atom stereocenters. The molecular formula is C9H14F2N2OS. The van der Waals surface area contributed by atoms with Crippen LogP contribution in [0.5, 0.6) is 0 Å². The molecule has 0 spiro atoms. The van der Waals surface area contributed by atoms with Gasteiger partial charge in [0, 0.05) is 18.4 Å². The number of aromatic nitrogens is 2. The van der Waals surface area contributed by atoms with E-state index in [-0.39, 0.29) is 6.61 Å². The van der Waals surface area contributed by atoms with Gasteiger partial charge in [-0.2, -0.15) is 0 Å². The number of hydrogen-bond donors (Lipinski definition) is 1. The molecule has 0 amide bonds. The minimum absolute atomic E-state index is 0.253. The Kier molecular flexibility index (Phi) is 4.90. The second kappa shape index (κ2) is 5.97. The van der Waals surface area contributed by atoms with Crippen LogP contribution in [0.3, 0.4) is 0 Å². The van der Waals surface area contributed by atoms with Crippen molar-refractivity contribution >= 4 is 12.2 Å². The molecule has 0 saturated carbocycles. The van der Waals surface area contributed by atoms with Crippen LogP contribution in [-0.4, -0.2) is 29.2 Å². The molecule has 0 saturated heterocycles. The van der Waals surface area contributed by atoms with Gasteiger partial charge in [0.15, 0.2) is 4.77 Å². The van der Waals surface area contributed by atoms with E-state index in [1.54, 1.807) is 0 Å². The summed E-state index contributed by atoms with van der Waals surface area (Å²) < 4.78 is 30.8. The molecule has 1 N–H and O–H groups in total. The number of hydrogen-bond acceptors (Lipinski definition) is 2. The van der Waals surface area contributed by atoms with E-state index in [2.05, 4.69) is 4.98 Å². The molecule has 0 unspecified atom stereocenters. The number of rotatable bonds is 6. The van der Waals surface area contributed by atoms with Gasteiger partial charge in [0.2, 0.25) is 0 Å². The van der Waals surface area contributed by atoms with Crippen LogP contribution in [0, 0.1) is 4.77 Å². The molecule has 6 heteroatoms. The fourth-order valence-electron chi connectivity index (χ4n) is 1.30. The Balaban J connectivity index is 2.43. The fraction of sp³-hybridized carbons (Fsp3) is 0.667. The zero-order valence-corrected chi connectivity index (χ0v) is 9.32. The quantitative estimate of drug-likeness (QED) is 0.607. The summed E-state index contributed by atoms with van der Waals surface area (Å²) in [7, 11) is 0. The average molecular weight is 236 g/mol. The van der Waals surface area contributed by atoms with Gasteiger partial charge in [-0.3, -0.25) is 0 Å². The molecule has 0 aliphatic carbocycles. The minimum Gasteiger partial charge on any atom is -0.374 e. The number of nitrogens with zero attached hydrogens (tertiary/aromatic N) is 1. The lowest BCUT2D eigenvalue weighted by molar-refractivity contribution is 0.0145. The summed E-state index contributed by atoms with van der Waals surface area (Å²) in [6.45, 7) is 2.26. The first-order chi connectivity index (χ1) is 7.15. The molecule has 1 heterocycles. The zero-order chi connectivity index (χ0) is 11.3. The third-order valence-corrected chi connectivity index (χ3v) is 2.36. The van der Waals surface area contributed by atoms with Crippen molar-refractivity contribution in [2.75, 3.05) is 13.2 Å². The Bertz CT molecular complexity index is 348. The predicted molar refractivity (Wildman–Crippen MR) is 55.8 cm³/mol. The largest absolute Gasteiger partial charge is 0.374 e. The van der Waals surface area contributed by atoms with Gasteiger partial charge in [-0.05, 0) is 18.6 Å². The molecule has 0 radical (unpaired) electrons. The maximum absolute atomic E-state index is 11.8. The Morgan fingerprint density at radius 2 is 2.33 bits per heavy atom. The summed E-state index contributed by atoms with van der Waals surface area (Å²) in [5, 5.41) is 0. The normalized spacial score (nSPS) is 11.2. The maximum Gasteiger partial charge on any atom is 0.261 e. The lowest BCUT2D eigenvalue weighted by Gasteiger charge is -2.07. The molecular weight excluding hydrogens is 222 g/mol. The first-order valence-corrected chi connectivity index (χ1v) is 5.19. The second-order valence-corrected chi connectivity index (χ2v) is 3.44. The summed E-state index contributed by atoms with van der Waals surface area (Å²) in [4.78, 5) is 2.91. The van der Waals surface area contributed by atoms with Gasteiger partial charge in [0.05, 0.1) is 6.61 Å². The molecule has 15 heavy (non-hydrogen) atoms. The number of aryl methyl sites for hydroxylation is 1. The van der Waals surface area contributed by atoms with Crippen molar-refractivity contribution in [2.24, 2.45) is 0 Å². The van der Waals surface area contributed by atoms with Crippen molar-refractivity contribution in [3.63, 3.8) is 0 Å². The topological polar surface area (TPSA) is 29.9 Å². The Labute approximate surface area is 92.1 Å². The van der Waals surface area contributed by atoms with E-state index in [1.807, 2.05) is 17.7 Å². The Morgan fingerprint density at radius 3 is 2.93 bits per heavy atom. The van der Waals surface area contributed by atoms with Gasteiger partial charge < -0.3 is 14.3 Å². The smallest absolute Gasteiger partial charge is 0.261 e. The number of aromatic amines is 1. The highest BCUT2D eigenvalue weighted by atomic mass is 32.1. The van der Waals surface area contributed by atoms with Crippen molar-refractivity contribution in [3.8, 4) is 0 Å². The molecule has 0 aromatic carbocycles. The second-order valence-electron chi connectivity index (χ2n) is 3.06. The lowest BCUT2D eigenvalue weighted by Crippen LogP contribution is -2.12. The summed E-state index contributed by atoms with van der Waals surface area (Å²) in [5.41, 5.74) is 1.06. The summed E-state index contributed by atoms with van der Waals surface area (Å²) in [5.74, 6) is 0. The first kappa shape index (κ1) is 12.3. The first-order valence-electron chi connectivity index (χ1n) is 4.78. The van der Waals surface area contributed by atoms with Gasteiger partial charge >= 0.3 is 0 Å². The van der Waals surface area contributed by atoms with Crippen molar-refractivity contribution < 1.29 is 13.5 Å². The highest BCUT2D eigenvalue weighted by Gasteiger charge is 2.04. The number of nitrogens with one attached hydrogen (secondary N) is 1.